The second kappa shape index (κ2) is 40.9. The molecule has 30 nitrogen and oxygen atoms in total. The molecule has 3 heterocycles. The Morgan fingerprint density at radius 3 is 1.60 bits per heavy atom. The van der Waals surface area contributed by atoms with E-state index in [9.17, 15) is 48.9 Å². The molecule has 3 aliphatic heterocycles. The lowest BCUT2D eigenvalue weighted by Gasteiger charge is -2.69. The third-order valence-electron chi connectivity index (χ3n) is 21.5. The van der Waals surface area contributed by atoms with Gasteiger partial charge < -0.3 is 104 Å². The maximum absolute atomic E-state index is 15.1. The number of carbonyl (C=O) groups is 9. The molecule has 32 heteroatoms. The Kier molecular flexibility index (Phi) is 31.5. The summed E-state index contributed by atoms with van der Waals surface area (Å²) in [5, 5.41) is 40.3. The van der Waals surface area contributed by atoms with Crippen molar-refractivity contribution in [2.45, 2.75) is 127 Å². The van der Waals surface area contributed by atoms with E-state index in [2.05, 4.69) is 10.6 Å². The number of nitrogens with one attached hydrogen (secondary N) is 2. The van der Waals surface area contributed by atoms with Gasteiger partial charge in [-0.25, -0.2) is 14.4 Å². The van der Waals surface area contributed by atoms with Crippen LogP contribution in [-0.4, -0.2) is 260 Å². The highest BCUT2D eigenvalue weighted by Gasteiger charge is 2.76. The summed E-state index contributed by atoms with van der Waals surface area (Å²) in [6, 6.07) is 23.2. The summed E-state index contributed by atoms with van der Waals surface area (Å²) in [4.78, 5) is 128. The Hall–Kier alpha value is -8.21. The molecule has 9 N–H and O–H groups in total. The van der Waals surface area contributed by atoms with E-state index in [0.717, 1.165) is 21.9 Å². The zero-order chi connectivity index (χ0) is 81.1. The molecule has 616 valence electrons. The molecule has 0 radical (unpaired) electrons. The van der Waals surface area contributed by atoms with Gasteiger partial charge in [0.2, 0.25) is 24.0 Å². The molecule has 7 amide bonds. The highest BCUT2D eigenvalue weighted by Crippen LogP contribution is 2.75. The van der Waals surface area contributed by atoms with Gasteiger partial charge in [0, 0.05) is 125 Å². The SMILES string of the molecule is CC(=O)C1OC(Oc2cc3c(c4ccccc24)C(CCl)CN3C(=O)C23CC(C(=O)N4CC(CCl)c5c4cc(OC(=O)N(C)CCN(C)C(=O)OCc4ccc(CC(=O)C(CCCNC(N)=O)NC(=O)C(CC(=O)CCOCCOCCOCCOCCOCCOCCN)C(C)C)cc4)c4ccccc54)(C2)C3)C(O)C(O)C1O. The molecule has 3 saturated carbocycles. The Bertz CT molecular complexity index is 4140. The van der Waals surface area contributed by atoms with Crippen LogP contribution in [-0.2, 0) is 79.7 Å². The largest absolute Gasteiger partial charge is 0.461 e. The third-order valence-corrected chi connectivity index (χ3v) is 22.3. The lowest BCUT2D eigenvalue weighted by molar-refractivity contribution is -0.265. The Morgan fingerprint density at radius 1 is 0.628 bits per heavy atom. The number of fused-ring (bicyclic) bond motifs is 6. The molecule has 11 rings (SSSR count). The van der Waals surface area contributed by atoms with Crippen LogP contribution < -0.4 is 41.4 Å². The van der Waals surface area contributed by atoms with Crippen LogP contribution in [0, 0.1) is 22.7 Å². The first kappa shape index (κ1) is 87.2. The van der Waals surface area contributed by atoms with Crippen molar-refractivity contribution in [1.82, 2.24) is 20.4 Å². The van der Waals surface area contributed by atoms with Crippen molar-refractivity contribution >= 4 is 109 Å². The van der Waals surface area contributed by atoms with Gasteiger partial charge in [0.25, 0.3) is 0 Å². The van der Waals surface area contributed by atoms with E-state index < -0.39 is 83.4 Å². The number of Topliss-reactive ketones (excluding diaryl/α,β-unsaturated/α-hetero) is 3. The van der Waals surface area contributed by atoms with Crippen molar-refractivity contribution in [1.29, 1.82) is 0 Å². The number of aliphatic hydroxyl groups is 3. The number of anilines is 2. The quantitative estimate of drug-likeness (QED) is 0.0164. The number of benzene rings is 5. The van der Waals surface area contributed by atoms with Gasteiger partial charge >= 0.3 is 18.2 Å². The van der Waals surface area contributed by atoms with Gasteiger partial charge in [0.15, 0.2) is 11.6 Å². The average Bonchev–Trinajstić information content (AvgIpc) is 1.62. The number of ether oxygens (including phenoxy) is 10. The third kappa shape index (κ3) is 21.5. The van der Waals surface area contributed by atoms with Crippen LogP contribution in [0.4, 0.5) is 25.8 Å². The number of urea groups is 1. The lowest BCUT2D eigenvalue weighted by atomic mass is 9.34. The first-order valence-electron chi connectivity index (χ1n) is 38.5. The highest BCUT2D eigenvalue weighted by molar-refractivity contribution is 6.20. The molecule has 5 aromatic rings. The van der Waals surface area contributed by atoms with Gasteiger partial charge in [-0.3, -0.25) is 28.8 Å². The molecule has 0 aromatic heterocycles. The topological polar surface area (TPSA) is 396 Å². The lowest BCUT2D eigenvalue weighted by Crippen LogP contribution is -2.73. The molecule has 0 spiro atoms. The number of halogens is 2. The maximum atomic E-state index is 15.1. The summed E-state index contributed by atoms with van der Waals surface area (Å²) in [7, 11) is 3.05. The van der Waals surface area contributed by atoms with Crippen LogP contribution in [0.25, 0.3) is 21.5 Å². The summed E-state index contributed by atoms with van der Waals surface area (Å²) in [6.07, 6.45) is -8.33. The second-order valence-corrected chi connectivity index (χ2v) is 30.6. The van der Waals surface area contributed by atoms with E-state index in [1.54, 1.807) is 58.3 Å². The van der Waals surface area contributed by atoms with Crippen molar-refractivity contribution in [2.24, 2.45) is 34.1 Å². The minimum absolute atomic E-state index is 0.0349. The highest BCUT2D eigenvalue weighted by atomic mass is 35.5. The number of nitrogens with two attached hydrogens (primary N) is 2. The number of amides is 7. The van der Waals surface area contributed by atoms with Gasteiger partial charge in [-0.05, 0) is 78.0 Å². The van der Waals surface area contributed by atoms with Crippen LogP contribution >= 0.6 is 23.2 Å². The number of primary amides is 1. The summed E-state index contributed by atoms with van der Waals surface area (Å²) in [5.74, 6) is -2.64. The van der Waals surface area contributed by atoms with E-state index in [1.165, 1.54) is 30.8 Å². The van der Waals surface area contributed by atoms with Crippen molar-refractivity contribution < 1.29 is 106 Å². The summed E-state index contributed by atoms with van der Waals surface area (Å²) in [6.45, 7) is 10.6. The summed E-state index contributed by atoms with van der Waals surface area (Å²) in [5.41, 5.74) is 12.9. The fourth-order valence-electron chi connectivity index (χ4n) is 15.4. The van der Waals surface area contributed by atoms with E-state index in [0.29, 0.717) is 112 Å². The second-order valence-electron chi connectivity index (χ2n) is 30.0. The molecular weight excluding hydrogens is 1510 g/mol. The van der Waals surface area contributed by atoms with E-state index in [-0.39, 0.29) is 162 Å². The number of aliphatic hydroxyl groups excluding tert-OH is 3. The Balaban J connectivity index is 0.675. The number of hydrogen-bond donors (Lipinski definition) is 7. The minimum Gasteiger partial charge on any atom is -0.461 e. The van der Waals surface area contributed by atoms with Gasteiger partial charge in [0.1, 0.15) is 48.3 Å². The molecule has 1 saturated heterocycles. The van der Waals surface area contributed by atoms with E-state index in [1.807, 2.05) is 50.2 Å². The van der Waals surface area contributed by atoms with Crippen molar-refractivity contribution in [3.05, 3.63) is 107 Å². The number of alkyl halides is 2. The molecule has 4 fully saturated rings. The van der Waals surface area contributed by atoms with E-state index >= 15 is 9.59 Å². The Morgan fingerprint density at radius 2 is 1.11 bits per heavy atom. The molecule has 3 aliphatic carbocycles. The van der Waals surface area contributed by atoms with Crippen LogP contribution in [0.15, 0.2) is 84.9 Å². The standard InChI is InChI=1S/C81H106Cl2N8O22/c1-49(2)60(38-55(93)20-25-104-27-29-106-31-33-108-35-36-109-34-32-107-30-28-105-26-21-84)73(98)87-61(15-10-22-86-77(85)101)64(94)37-51-16-18-52(19-17-51)45-110-78(102)88(4)23-24-89(5)79(103)112-66-40-63-68(59-14-9-7-12-57(59)66)54(42-83)44-91(63)76(100)81-46-80(47-81,48-81)75(99)90-43-53(41-82)67-58-13-8-6-11-56(58)65(39-62(67)90)111-74-71(97)69(95)70(96)72(113-74)50(3)92/h6-9,11-14,16-19,39-40,49,53-54,60-61,69-72,74,95-97H,10,15,20-38,41-48,84H2,1-5H3,(H,87,98)(H3,85,86,101). The molecular formula is C81H106Cl2N8O22. The van der Waals surface area contributed by atoms with Crippen LogP contribution in [0.2, 0.25) is 0 Å². The van der Waals surface area contributed by atoms with Gasteiger partial charge in [-0.15, -0.1) is 23.2 Å². The molecule has 2 bridgehead atoms. The van der Waals surface area contributed by atoms with Crippen LogP contribution in [0.1, 0.15) is 99.8 Å². The fourth-order valence-corrected chi connectivity index (χ4v) is 15.9. The molecule has 113 heavy (non-hydrogen) atoms. The maximum Gasteiger partial charge on any atom is 0.415 e. The number of nitrogens with zero attached hydrogens (tertiary/aromatic N) is 4. The predicted molar refractivity (Wildman–Crippen MR) is 418 cm³/mol. The number of ketones is 3. The van der Waals surface area contributed by atoms with Crippen molar-refractivity contribution in [3.8, 4) is 11.5 Å². The summed E-state index contributed by atoms with van der Waals surface area (Å²) < 4.78 is 56.6. The van der Waals surface area contributed by atoms with E-state index in [4.69, 9.17) is 82.0 Å². The monoisotopic (exact) mass is 1610 g/mol. The first-order valence-corrected chi connectivity index (χ1v) is 39.6. The smallest absolute Gasteiger partial charge is 0.415 e. The van der Waals surface area contributed by atoms with Crippen molar-refractivity contribution in [3.63, 3.8) is 0 Å². The van der Waals surface area contributed by atoms with Crippen molar-refractivity contribution in [2.75, 3.05) is 154 Å². The fraction of sp³-hybridized carbons (Fsp3) is 0.568. The van der Waals surface area contributed by atoms with Crippen LogP contribution in [0.5, 0.6) is 11.5 Å². The Labute approximate surface area is 666 Å². The number of likely N-dealkylation sites (N-methyl/N-ethyl adjacent to an activating group) is 2. The number of hydrogen-bond acceptors (Lipinski definition) is 23. The number of rotatable bonds is 45. The average molecular weight is 1610 g/mol. The normalized spacial score (nSPS) is 21.9. The van der Waals surface area contributed by atoms with Gasteiger partial charge in [0.05, 0.1) is 108 Å². The zero-order valence-electron chi connectivity index (χ0n) is 64.7. The van der Waals surface area contributed by atoms with Crippen LogP contribution in [0.3, 0.4) is 0 Å². The molecule has 5 aromatic carbocycles. The minimum atomic E-state index is -1.76. The summed E-state index contributed by atoms with van der Waals surface area (Å²) >= 11 is 13.4. The molecule has 6 aliphatic rings. The first-order chi connectivity index (χ1) is 54.3. The molecule has 9 unspecified atom stereocenters. The predicted octanol–water partition coefficient (Wildman–Crippen LogP) is 6.40. The van der Waals surface area contributed by atoms with Gasteiger partial charge in [-0.2, -0.15) is 0 Å². The number of carbonyl (C=O) groups excluding carboxylic acids is 9. The zero-order valence-corrected chi connectivity index (χ0v) is 66.2. The molecule has 9 atom stereocenters. The van der Waals surface area contributed by atoms with Gasteiger partial charge in [-0.1, -0.05) is 86.6 Å².